The molecule has 0 saturated carbocycles. The Bertz CT molecular complexity index is 707. The molecule has 0 saturated heterocycles. The fourth-order valence-electron chi connectivity index (χ4n) is 2.87. The van der Waals surface area contributed by atoms with Crippen LogP contribution in [0.1, 0.15) is 118 Å². The van der Waals surface area contributed by atoms with Gasteiger partial charge in [0.25, 0.3) is 0 Å². The second kappa shape index (κ2) is 11.5. The molecule has 2 aromatic carbocycles. The van der Waals surface area contributed by atoms with E-state index in [0.717, 1.165) is 11.1 Å². The van der Waals surface area contributed by atoms with Gasteiger partial charge in [0.1, 0.15) is 5.82 Å². The summed E-state index contributed by atoms with van der Waals surface area (Å²) in [7, 11) is 0. The highest BCUT2D eigenvalue weighted by atomic mass is 19.1. The van der Waals surface area contributed by atoms with Crippen LogP contribution in [0.15, 0.2) is 42.5 Å². The summed E-state index contributed by atoms with van der Waals surface area (Å²) in [6, 6.07) is 14.6. The molecule has 0 amide bonds. The van der Waals surface area contributed by atoms with E-state index in [1.807, 2.05) is 32.9 Å². The van der Waals surface area contributed by atoms with Crippen molar-refractivity contribution in [3.63, 3.8) is 0 Å². The molecule has 2 rings (SSSR count). The van der Waals surface area contributed by atoms with Gasteiger partial charge in [-0.25, -0.2) is 4.39 Å². The highest BCUT2D eigenvalue weighted by molar-refractivity contribution is 5.31. The van der Waals surface area contributed by atoms with Gasteiger partial charge in [-0.2, -0.15) is 0 Å². The normalized spacial score (nSPS) is 11.3. The summed E-state index contributed by atoms with van der Waals surface area (Å²) in [5.74, 6) is 0.941. The van der Waals surface area contributed by atoms with Gasteiger partial charge in [0, 0.05) is 0 Å². The van der Waals surface area contributed by atoms with E-state index in [2.05, 4.69) is 72.7 Å². The standard InChI is InChI=1S/C13H19F.C13H20.2CH4/c1-9(2)10-6-7-11(12(14)8-10)13(3,4)5;1-10(2)11-6-8-12(9-7-11)13(3,4)5;;/h6-9H,1-5H3;6-10H,1-5H3;2*1H4. The number of benzene rings is 2. The molecule has 1 heteroatoms. The van der Waals surface area contributed by atoms with Crippen molar-refractivity contribution in [3.8, 4) is 0 Å². The first-order chi connectivity index (χ1) is 12.2. The van der Waals surface area contributed by atoms with Crippen molar-refractivity contribution in [3.05, 3.63) is 70.5 Å². The van der Waals surface area contributed by atoms with E-state index in [0.29, 0.717) is 11.8 Å². The van der Waals surface area contributed by atoms with E-state index in [1.165, 1.54) is 11.1 Å². The topological polar surface area (TPSA) is 0 Å². The predicted octanol–water partition coefficient (Wildman–Crippen LogP) is 9.63. The first kappa shape index (κ1) is 29.6. The maximum atomic E-state index is 13.7. The van der Waals surface area contributed by atoms with Gasteiger partial charge in [-0.15, -0.1) is 0 Å². The first-order valence-corrected chi connectivity index (χ1v) is 10.1. The number of rotatable bonds is 2. The molecule has 2 aromatic rings. The lowest BCUT2D eigenvalue weighted by molar-refractivity contribution is 0.521. The zero-order valence-electron chi connectivity index (χ0n) is 19.1. The molecule has 166 valence electrons. The largest absolute Gasteiger partial charge is 0.207 e. The summed E-state index contributed by atoms with van der Waals surface area (Å²) in [6.07, 6.45) is 0. The SMILES string of the molecule is C.C.CC(C)c1ccc(C(C)(C)C)c(F)c1.CC(C)c1ccc(C(C)(C)C)cc1. The molecule has 0 atom stereocenters. The Labute approximate surface area is 182 Å². The van der Waals surface area contributed by atoms with Crippen LogP contribution in [-0.4, -0.2) is 0 Å². The Morgan fingerprint density at radius 3 is 1.34 bits per heavy atom. The third-order valence-electron chi connectivity index (χ3n) is 4.91. The molecule has 0 radical (unpaired) electrons. The average Bonchev–Trinajstić information content (AvgIpc) is 2.53. The molecule has 0 spiro atoms. The van der Waals surface area contributed by atoms with Crippen LogP contribution < -0.4 is 0 Å². The summed E-state index contributed by atoms with van der Waals surface area (Å²) < 4.78 is 13.7. The van der Waals surface area contributed by atoms with Crippen LogP contribution in [0.2, 0.25) is 0 Å². The molecule has 0 aromatic heterocycles. The van der Waals surface area contributed by atoms with Gasteiger partial charge in [-0.05, 0) is 51.0 Å². The number of halogens is 1. The van der Waals surface area contributed by atoms with Crippen molar-refractivity contribution in [2.45, 2.75) is 107 Å². The van der Waals surface area contributed by atoms with Gasteiger partial charge in [-0.3, -0.25) is 0 Å². The Morgan fingerprint density at radius 1 is 0.621 bits per heavy atom. The minimum Gasteiger partial charge on any atom is -0.207 e. The molecule has 0 aliphatic heterocycles. The summed E-state index contributed by atoms with van der Waals surface area (Å²) in [6.45, 7) is 21.4. The third-order valence-corrected chi connectivity index (χ3v) is 4.91. The minimum absolute atomic E-state index is 0. The fraction of sp³-hybridized carbons (Fsp3) is 0.571. The van der Waals surface area contributed by atoms with Gasteiger partial charge in [-0.1, -0.05) is 120 Å². The molecule has 0 heterocycles. The molecular formula is C28H47F. The van der Waals surface area contributed by atoms with Gasteiger partial charge >= 0.3 is 0 Å². The van der Waals surface area contributed by atoms with Crippen LogP contribution in [0.4, 0.5) is 4.39 Å². The highest BCUT2D eigenvalue weighted by Gasteiger charge is 2.18. The van der Waals surface area contributed by atoms with Crippen molar-refractivity contribution >= 4 is 0 Å². The van der Waals surface area contributed by atoms with Crippen LogP contribution in [0.25, 0.3) is 0 Å². The van der Waals surface area contributed by atoms with Gasteiger partial charge < -0.3 is 0 Å². The van der Waals surface area contributed by atoms with E-state index in [4.69, 9.17) is 0 Å². The summed E-state index contributed by atoms with van der Waals surface area (Å²) in [5.41, 5.74) is 4.86. The van der Waals surface area contributed by atoms with E-state index < -0.39 is 0 Å². The van der Waals surface area contributed by atoms with Crippen LogP contribution in [0.3, 0.4) is 0 Å². The lowest BCUT2D eigenvalue weighted by atomic mass is 9.85. The molecule has 0 N–H and O–H groups in total. The number of hydrogen-bond donors (Lipinski definition) is 0. The number of hydrogen-bond acceptors (Lipinski definition) is 0. The fourth-order valence-corrected chi connectivity index (χ4v) is 2.87. The lowest BCUT2D eigenvalue weighted by Gasteiger charge is -2.20. The van der Waals surface area contributed by atoms with Crippen molar-refractivity contribution in [1.82, 2.24) is 0 Å². The maximum Gasteiger partial charge on any atom is 0.127 e. The second-order valence-electron chi connectivity index (χ2n) is 10.2. The second-order valence-corrected chi connectivity index (χ2v) is 10.2. The Hall–Kier alpha value is -1.63. The molecular weight excluding hydrogens is 355 g/mol. The molecule has 29 heavy (non-hydrogen) atoms. The van der Waals surface area contributed by atoms with Crippen molar-refractivity contribution < 1.29 is 4.39 Å². The summed E-state index contributed by atoms with van der Waals surface area (Å²) in [4.78, 5) is 0. The summed E-state index contributed by atoms with van der Waals surface area (Å²) in [5, 5.41) is 0. The smallest absolute Gasteiger partial charge is 0.127 e. The average molecular weight is 403 g/mol. The van der Waals surface area contributed by atoms with Crippen LogP contribution >= 0.6 is 0 Å². The monoisotopic (exact) mass is 402 g/mol. The van der Waals surface area contributed by atoms with Gasteiger partial charge in [0.05, 0.1) is 0 Å². The van der Waals surface area contributed by atoms with Gasteiger partial charge in [0.15, 0.2) is 0 Å². The first-order valence-electron chi connectivity index (χ1n) is 10.1. The maximum absolute atomic E-state index is 13.7. The molecule has 0 nitrogen and oxygen atoms in total. The van der Waals surface area contributed by atoms with E-state index >= 15 is 0 Å². The van der Waals surface area contributed by atoms with E-state index in [-0.39, 0.29) is 31.5 Å². The van der Waals surface area contributed by atoms with E-state index in [9.17, 15) is 4.39 Å². The highest BCUT2D eigenvalue weighted by Crippen LogP contribution is 2.27. The van der Waals surface area contributed by atoms with Crippen LogP contribution in [0, 0.1) is 5.82 Å². The van der Waals surface area contributed by atoms with Crippen LogP contribution in [0.5, 0.6) is 0 Å². The molecule has 0 bridgehead atoms. The van der Waals surface area contributed by atoms with Crippen molar-refractivity contribution in [2.75, 3.05) is 0 Å². The molecule has 0 aliphatic rings. The van der Waals surface area contributed by atoms with Crippen molar-refractivity contribution in [1.29, 1.82) is 0 Å². The Balaban J connectivity index is 0. The molecule has 0 aliphatic carbocycles. The van der Waals surface area contributed by atoms with Crippen molar-refractivity contribution in [2.24, 2.45) is 0 Å². The Kier molecular flexibility index (Phi) is 11.8. The Morgan fingerprint density at radius 2 is 1.03 bits per heavy atom. The van der Waals surface area contributed by atoms with Crippen LogP contribution in [-0.2, 0) is 10.8 Å². The summed E-state index contributed by atoms with van der Waals surface area (Å²) >= 11 is 0. The minimum atomic E-state index is -0.112. The predicted molar refractivity (Wildman–Crippen MR) is 132 cm³/mol. The molecule has 0 unspecified atom stereocenters. The lowest BCUT2D eigenvalue weighted by Crippen LogP contribution is -2.13. The van der Waals surface area contributed by atoms with E-state index in [1.54, 1.807) is 6.07 Å². The third kappa shape index (κ3) is 9.15. The van der Waals surface area contributed by atoms with Gasteiger partial charge in [0.2, 0.25) is 0 Å². The quantitative estimate of drug-likeness (QED) is 0.469. The molecule has 0 fully saturated rings. The zero-order chi connectivity index (χ0) is 21.0. The zero-order valence-corrected chi connectivity index (χ0v) is 19.1.